The molecule has 124 valence electrons. The van der Waals surface area contributed by atoms with E-state index in [-0.39, 0.29) is 0 Å². The van der Waals surface area contributed by atoms with E-state index in [1.165, 1.54) is 32.8 Å². The Labute approximate surface area is 146 Å². The van der Waals surface area contributed by atoms with E-state index in [9.17, 15) is 0 Å². The third-order valence-corrected chi connectivity index (χ3v) is 5.48. The molecule has 0 aliphatic carbocycles. The van der Waals surface area contributed by atoms with Crippen LogP contribution in [-0.4, -0.2) is 18.1 Å². The van der Waals surface area contributed by atoms with E-state index < -0.39 is 0 Å². The summed E-state index contributed by atoms with van der Waals surface area (Å²) in [5.74, 6) is 0. The van der Waals surface area contributed by atoms with E-state index in [0.29, 0.717) is 6.17 Å². The van der Waals surface area contributed by atoms with E-state index in [0.717, 1.165) is 11.2 Å². The zero-order valence-corrected chi connectivity index (χ0v) is 14.7. The molecule has 0 spiro atoms. The molecule has 3 aromatic carbocycles. The first-order valence-electron chi connectivity index (χ1n) is 8.67. The highest BCUT2D eigenvalue weighted by molar-refractivity contribution is 6.15. The molecular formula is C22H20N2O. The Bertz CT molecular complexity index is 1160. The zero-order chi connectivity index (χ0) is 17.1. The molecule has 25 heavy (non-hydrogen) atoms. The fraction of sp³-hybridized carbons (Fsp3) is 0.182. The molecule has 0 saturated heterocycles. The van der Waals surface area contributed by atoms with Gasteiger partial charge >= 0.3 is 0 Å². The van der Waals surface area contributed by atoms with Crippen molar-refractivity contribution in [1.29, 1.82) is 0 Å². The maximum absolute atomic E-state index is 6.39. The highest BCUT2D eigenvalue weighted by atomic mass is 16.3. The van der Waals surface area contributed by atoms with Crippen molar-refractivity contribution in [3.05, 3.63) is 66.5 Å². The van der Waals surface area contributed by atoms with Crippen molar-refractivity contribution in [1.82, 2.24) is 4.90 Å². The van der Waals surface area contributed by atoms with Crippen LogP contribution >= 0.6 is 0 Å². The Morgan fingerprint density at radius 3 is 2.40 bits per heavy atom. The van der Waals surface area contributed by atoms with Crippen LogP contribution in [0.5, 0.6) is 0 Å². The Hall–Kier alpha value is -2.94. The summed E-state index contributed by atoms with van der Waals surface area (Å²) in [5, 5.41) is 4.76. The van der Waals surface area contributed by atoms with Gasteiger partial charge in [0.15, 0.2) is 0 Å². The van der Waals surface area contributed by atoms with Gasteiger partial charge in [0.1, 0.15) is 17.3 Å². The van der Waals surface area contributed by atoms with Crippen LogP contribution < -0.4 is 4.90 Å². The van der Waals surface area contributed by atoms with E-state index in [1.807, 2.05) is 0 Å². The van der Waals surface area contributed by atoms with Gasteiger partial charge in [0.05, 0.1) is 0 Å². The van der Waals surface area contributed by atoms with Gasteiger partial charge in [-0.3, -0.25) is 0 Å². The molecule has 0 N–H and O–H groups in total. The number of rotatable bonds is 1. The molecule has 3 nitrogen and oxygen atoms in total. The SMILES string of the molecule is Cc1c(N2C=CN(C)[C@@H]2C)ccc2c1oc1c3ccccc3ccc21. The standard InChI is InChI=1S/C22H20N2O/c1-14-20(24-13-12-23(3)15(24)2)11-10-18-19-9-8-16-6-4-5-7-17(16)22(19)25-21(14)18/h4-13,15H,1-3H3/t15-/m0/s1. The van der Waals surface area contributed by atoms with Crippen LogP contribution in [0.3, 0.4) is 0 Å². The average Bonchev–Trinajstić information content (AvgIpc) is 3.17. The molecule has 1 atom stereocenters. The van der Waals surface area contributed by atoms with Gasteiger partial charge in [-0.05, 0) is 37.4 Å². The van der Waals surface area contributed by atoms with Crippen molar-refractivity contribution in [3.8, 4) is 0 Å². The van der Waals surface area contributed by atoms with Crippen LogP contribution in [-0.2, 0) is 0 Å². The Balaban J connectivity index is 1.80. The second-order valence-electron chi connectivity index (χ2n) is 6.85. The fourth-order valence-corrected chi connectivity index (χ4v) is 3.88. The molecule has 4 aromatic rings. The molecule has 3 heteroatoms. The van der Waals surface area contributed by atoms with Crippen LogP contribution in [0.4, 0.5) is 5.69 Å². The number of anilines is 1. The lowest BCUT2D eigenvalue weighted by molar-refractivity contribution is 0.383. The zero-order valence-electron chi connectivity index (χ0n) is 14.7. The minimum absolute atomic E-state index is 0.307. The van der Waals surface area contributed by atoms with Gasteiger partial charge in [-0.25, -0.2) is 0 Å². The van der Waals surface area contributed by atoms with E-state index in [4.69, 9.17) is 4.42 Å². The first-order valence-corrected chi connectivity index (χ1v) is 8.67. The van der Waals surface area contributed by atoms with Crippen molar-refractivity contribution in [2.45, 2.75) is 20.0 Å². The monoisotopic (exact) mass is 328 g/mol. The fourth-order valence-electron chi connectivity index (χ4n) is 3.88. The summed E-state index contributed by atoms with van der Waals surface area (Å²) in [4.78, 5) is 4.50. The summed E-state index contributed by atoms with van der Waals surface area (Å²) in [6.07, 6.45) is 4.55. The lowest BCUT2D eigenvalue weighted by Crippen LogP contribution is -2.33. The van der Waals surface area contributed by atoms with Crippen molar-refractivity contribution >= 4 is 38.4 Å². The summed E-state index contributed by atoms with van der Waals surface area (Å²) >= 11 is 0. The third kappa shape index (κ3) is 1.92. The molecular weight excluding hydrogens is 308 g/mol. The topological polar surface area (TPSA) is 19.6 Å². The van der Waals surface area contributed by atoms with Gasteiger partial charge in [0, 0.05) is 46.9 Å². The Kier molecular flexibility index (Phi) is 2.90. The van der Waals surface area contributed by atoms with Crippen LogP contribution in [0.15, 0.2) is 65.3 Å². The van der Waals surface area contributed by atoms with E-state index >= 15 is 0 Å². The molecule has 1 aliphatic heterocycles. The lowest BCUT2D eigenvalue weighted by Gasteiger charge is -2.28. The summed E-state index contributed by atoms with van der Waals surface area (Å²) in [6, 6.07) is 17.2. The normalized spacial score (nSPS) is 17.5. The van der Waals surface area contributed by atoms with Crippen LogP contribution in [0, 0.1) is 6.92 Å². The minimum Gasteiger partial charge on any atom is -0.455 e. The number of benzene rings is 3. The smallest absolute Gasteiger partial charge is 0.143 e. The van der Waals surface area contributed by atoms with Crippen LogP contribution in [0.2, 0.25) is 0 Å². The molecule has 0 unspecified atom stereocenters. The molecule has 0 bridgehead atoms. The maximum atomic E-state index is 6.39. The second-order valence-corrected chi connectivity index (χ2v) is 6.85. The van der Waals surface area contributed by atoms with E-state index in [1.54, 1.807) is 0 Å². The van der Waals surface area contributed by atoms with Crippen molar-refractivity contribution in [2.75, 3.05) is 11.9 Å². The van der Waals surface area contributed by atoms with Crippen molar-refractivity contribution in [3.63, 3.8) is 0 Å². The predicted octanol–water partition coefficient (Wildman–Crippen LogP) is 5.62. The molecule has 0 fully saturated rings. The quantitative estimate of drug-likeness (QED) is 0.452. The van der Waals surface area contributed by atoms with Crippen molar-refractivity contribution in [2.24, 2.45) is 0 Å². The molecule has 5 rings (SSSR count). The van der Waals surface area contributed by atoms with Crippen molar-refractivity contribution < 1.29 is 4.42 Å². The molecule has 0 radical (unpaired) electrons. The first-order chi connectivity index (χ1) is 12.1. The van der Waals surface area contributed by atoms with E-state index in [2.05, 4.69) is 91.6 Å². The Morgan fingerprint density at radius 1 is 0.840 bits per heavy atom. The summed E-state index contributed by atoms with van der Waals surface area (Å²) in [6.45, 7) is 4.36. The molecule has 0 saturated carbocycles. The van der Waals surface area contributed by atoms with Crippen LogP contribution in [0.25, 0.3) is 32.7 Å². The molecule has 1 aromatic heterocycles. The number of hydrogen-bond acceptors (Lipinski definition) is 3. The highest BCUT2D eigenvalue weighted by Gasteiger charge is 2.23. The van der Waals surface area contributed by atoms with Gasteiger partial charge in [0.2, 0.25) is 0 Å². The number of fused-ring (bicyclic) bond motifs is 5. The summed E-state index contributed by atoms with van der Waals surface area (Å²) in [7, 11) is 2.10. The Morgan fingerprint density at radius 2 is 1.60 bits per heavy atom. The highest BCUT2D eigenvalue weighted by Crippen LogP contribution is 2.39. The largest absolute Gasteiger partial charge is 0.455 e. The molecule has 0 amide bonds. The van der Waals surface area contributed by atoms with Crippen LogP contribution in [0.1, 0.15) is 12.5 Å². The lowest BCUT2D eigenvalue weighted by atomic mass is 10.0. The average molecular weight is 328 g/mol. The number of aryl methyl sites for hydroxylation is 1. The molecule has 1 aliphatic rings. The third-order valence-electron chi connectivity index (χ3n) is 5.48. The summed E-state index contributed by atoms with van der Waals surface area (Å²) in [5.41, 5.74) is 4.35. The van der Waals surface area contributed by atoms with Gasteiger partial charge in [-0.2, -0.15) is 0 Å². The number of furan rings is 1. The second kappa shape index (κ2) is 5.03. The maximum Gasteiger partial charge on any atom is 0.143 e. The first kappa shape index (κ1) is 14.4. The number of hydrogen-bond donors (Lipinski definition) is 0. The van der Waals surface area contributed by atoms with Gasteiger partial charge < -0.3 is 14.2 Å². The predicted molar refractivity (Wildman–Crippen MR) is 105 cm³/mol. The number of nitrogens with zero attached hydrogens (tertiary/aromatic N) is 2. The van der Waals surface area contributed by atoms with Gasteiger partial charge in [-0.15, -0.1) is 0 Å². The summed E-state index contributed by atoms with van der Waals surface area (Å²) < 4.78 is 6.39. The van der Waals surface area contributed by atoms with Gasteiger partial charge in [0.25, 0.3) is 0 Å². The van der Waals surface area contributed by atoms with Gasteiger partial charge in [-0.1, -0.05) is 30.3 Å². The minimum atomic E-state index is 0.307. The molecule has 2 heterocycles.